The smallest absolute Gasteiger partial charge is 0.217 e. The van der Waals surface area contributed by atoms with Gasteiger partial charge in [0.05, 0.1) is 12.0 Å². The number of fused-ring (bicyclic) bond motifs is 1. The maximum atomic E-state index is 11.4. The lowest BCUT2D eigenvalue weighted by molar-refractivity contribution is -0.119. The lowest BCUT2D eigenvalue weighted by Gasteiger charge is -2.22. The van der Waals surface area contributed by atoms with Crippen molar-refractivity contribution in [3.05, 3.63) is 29.7 Å². The molecule has 4 heterocycles. The Hall–Kier alpha value is -1.83. The minimum absolute atomic E-state index is 0. The number of hydrogen-bond donors (Lipinski definition) is 2. The molecule has 4 rings (SSSR count). The van der Waals surface area contributed by atoms with E-state index in [2.05, 4.69) is 15.5 Å². The SMILES string of the molecule is CC(=O)NC1CCN(c2nc(-c3ccco3)nc3c2CCNCC3)C1.Cl.Cl. The van der Waals surface area contributed by atoms with Crippen molar-refractivity contribution in [1.82, 2.24) is 20.6 Å². The van der Waals surface area contributed by atoms with Crippen LogP contribution in [0.25, 0.3) is 11.6 Å². The topological polar surface area (TPSA) is 83.3 Å². The van der Waals surface area contributed by atoms with E-state index >= 15 is 0 Å². The maximum Gasteiger partial charge on any atom is 0.217 e. The number of carbonyl (C=O) groups is 1. The van der Waals surface area contributed by atoms with E-state index in [1.54, 1.807) is 13.2 Å². The summed E-state index contributed by atoms with van der Waals surface area (Å²) in [4.78, 5) is 23.3. The molecule has 1 saturated heterocycles. The fourth-order valence-corrected chi connectivity index (χ4v) is 3.66. The van der Waals surface area contributed by atoms with Gasteiger partial charge in [0, 0.05) is 44.6 Å². The lowest BCUT2D eigenvalue weighted by Crippen LogP contribution is -2.36. The summed E-state index contributed by atoms with van der Waals surface area (Å²) in [7, 11) is 0. The molecule has 0 aromatic carbocycles. The Morgan fingerprint density at radius 3 is 2.85 bits per heavy atom. The number of furan rings is 1. The molecule has 0 radical (unpaired) electrons. The van der Waals surface area contributed by atoms with Gasteiger partial charge in [0.2, 0.25) is 5.91 Å². The molecule has 1 amide bonds. The molecule has 0 spiro atoms. The Morgan fingerprint density at radius 2 is 2.11 bits per heavy atom. The van der Waals surface area contributed by atoms with Crippen LogP contribution in [-0.2, 0) is 17.6 Å². The van der Waals surface area contributed by atoms with Crippen molar-refractivity contribution in [2.24, 2.45) is 0 Å². The Bertz CT molecular complexity index is 769. The number of hydrogen-bond acceptors (Lipinski definition) is 6. The fourth-order valence-electron chi connectivity index (χ4n) is 3.66. The standard InChI is InChI=1S/C18H23N5O2.2ClH/c1-12(24)20-13-6-9-23(11-13)18-14-4-7-19-8-5-15(14)21-17(22-18)16-3-2-10-25-16;;/h2-3,10,13,19H,4-9,11H2,1H3,(H,20,24);2*1H. The van der Waals surface area contributed by atoms with Gasteiger partial charge in [-0.25, -0.2) is 9.97 Å². The molecule has 2 aliphatic rings. The van der Waals surface area contributed by atoms with Crippen LogP contribution in [0.3, 0.4) is 0 Å². The maximum absolute atomic E-state index is 11.4. The molecule has 1 fully saturated rings. The summed E-state index contributed by atoms with van der Waals surface area (Å²) < 4.78 is 5.52. The molecule has 148 valence electrons. The van der Waals surface area contributed by atoms with E-state index < -0.39 is 0 Å². The van der Waals surface area contributed by atoms with Crippen molar-refractivity contribution in [3.8, 4) is 11.6 Å². The first-order valence-electron chi connectivity index (χ1n) is 8.87. The molecule has 9 heteroatoms. The summed E-state index contributed by atoms with van der Waals surface area (Å²) in [6, 6.07) is 3.93. The van der Waals surface area contributed by atoms with E-state index in [-0.39, 0.29) is 36.8 Å². The third kappa shape index (κ3) is 4.72. The second-order valence-corrected chi connectivity index (χ2v) is 6.66. The summed E-state index contributed by atoms with van der Waals surface area (Å²) in [5.74, 6) is 2.35. The predicted octanol–water partition coefficient (Wildman–Crippen LogP) is 1.98. The molecule has 2 aromatic rings. The van der Waals surface area contributed by atoms with Crippen LogP contribution >= 0.6 is 24.8 Å². The zero-order valence-corrected chi connectivity index (χ0v) is 16.9. The third-order valence-electron chi connectivity index (χ3n) is 4.80. The highest BCUT2D eigenvalue weighted by Crippen LogP contribution is 2.29. The van der Waals surface area contributed by atoms with E-state index in [0.29, 0.717) is 11.6 Å². The zero-order chi connectivity index (χ0) is 17.2. The van der Waals surface area contributed by atoms with Gasteiger partial charge in [-0.15, -0.1) is 24.8 Å². The van der Waals surface area contributed by atoms with E-state index in [1.807, 2.05) is 12.1 Å². The fraction of sp³-hybridized carbons (Fsp3) is 0.500. The number of nitrogens with zero attached hydrogens (tertiary/aromatic N) is 3. The van der Waals surface area contributed by atoms with Crippen molar-refractivity contribution >= 4 is 36.5 Å². The van der Waals surface area contributed by atoms with Crippen LogP contribution in [0.4, 0.5) is 5.82 Å². The van der Waals surface area contributed by atoms with E-state index in [0.717, 1.165) is 57.0 Å². The van der Waals surface area contributed by atoms with Crippen molar-refractivity contribution < 1.29 is 9.21 Å². The average Bonchev–Trinajstić information content (AvgIpc) is 3.21. The molecule has 7 nitrogen and oxygen atoms in total. The molecular weight excluding hydrogens is 389 g/mol. The number of aromatic nitrogens is 2. The molecule has 27 heavy (non-hydrogen) atoms. The molecule has 0 bridgehead atoms. The number of nitrogens with one attached hydrogen (secondary N) is 2. The normalized spacial score (nSPS) is 18.7. The van der Waals surface area contributed by atoms with Crippen molar-refractivity contribution in [2.75, 3.05) is 31.1 Å². The van der Waals surface area contributed by atoms with Crippen molar-refractivity contribution in [3.63, 3.8) is 0 Å². The largest absolute Gasteiger partial charge is 0.461 e. The first-order chi connectivity index (χ1) is 12.2. The quantitative estimate of drug-likeness (QED) is 0.800. The third-order valence-corrected chi connectivity index (χ3v) is 4.80. The van der Waals surface area contributed by atoms with E-state index in [1.165, 1.54) is 5.56 Å². The zero-order valence-electron chi connectivity index (χ0n) is 15.2. The minimum Gasteiger partial charge on any atom is -0.461 e. The van der Waals surface area contributed by atoms with Gasteiger partial charge in [0.15, 0.2) is 11.6 Å². The van der Waals surface area contributed by atoms with Crippen molar-refractivity contribution in [2.45, 2.75) is 32.2 Å². The van der Waals surface area contributed by atoms with Gasteiger partial charge < -0.3 is 20.0 Å². The van der Waals surface area contributed by atoms with Crippen molar-refractivity contribution in [1.29, 1.82) is 0 Å². The molecule has 1 atom stereocenters. The average molecular weight is 414 g/mol. The number of amides is 1. The van der Waals surface area contributed by atoms with Gasteiger partial charge in [-0.2, -0.15) is 0 Å². The molecule has 2 N–H and O–H groups in total. The highest BCUT2D eigenvalue weighted by atomic mass is 35.5. The van der Waals surface area contributed by atoms with Crippen LogP contribution in [0.5, 0.6) is 0 Å². The first-order valence-corrected chi connectivity index (χ1v) is 8.87. The minimum atomic E-state index is 0. The number of anilines is 1. The van der Waals surface area contributed by atoms with Crippen LogP contribution in [0, 0.1) is 0 Å². The van der Waals surface area contributed by atoms with E-state index in [9.17, 15) is 4.79 Å². The second kappa shape index (κ2) is 9.39. The predicted molar refractivity (Wildman–Crippen MR) is 109 cm³/mol. The van der Waals surface area contributed by atoms with E-state index in [4.69, 9.17) is 14.4 Å². The van der Waals surface area contributed by atoms with Gasteiger partial charge in [0.25, 0.3) is 0 Å². The molecular formula is C18H25Cl2N5O2. The number of halogens is 2. The summed E-state index contributed by atoms with van der Waals surface area (Å²) in [5, 5.41) is 6.46. The highest BCUT2D eigenvalue weighted by molar-refractivity contribution is 5.85. The van der Waals surface area contributed by atoms with Crippen LogP contribution < -0.4 is 15.5 Å². The first kappa shape index (κ1) is 21.5. The van der Waals surface area contributed by atoms with Gasteiger partial charge >= 0.3 is 0 Å². The summed E-state index contributed by atoms with van der Waals surface area (Å²) in [5.41, 5.74) is 2.33. The van der Waals surface area contributed by atoms with Crippen LogP contribution in [0.2, 0.25) is 0 Å². The Balaban J connectivity index is 0.00000131. The van der Waals surface area contributed by atoms with Crippen LogP contribution in [0.15, 0.2) is 22.8 Å². The Morgan fingerprint density at radius 1 is 1.30 bits per heavy atom. The monoisotopic (exact) mass is 413 g/mol. The van der Waals surface area contributed by atoms with Gasteiger partial charge in [-0.3, -0.25) is 4.79 Å². The summed E-state index contributed by atoms with van der Waals surface area (Å²) in [6.45, 7) is 5.11. The number of rotatable bonds is 3. The van der Waals surface area contributed by atoms with Crippen LogP contribution in [0.1, 0.15) is 24.6 Å². The Kier molecular flexibility index (Phi) is 7.47. The van der Waals surface area contributed by atoms with Gasteiger partial charge in [-0.05, 0) is 31.5 Å². The molecule has 0 saturated carbocycles. The van der Waals surface area contributed by atoms with Gasteiger partial charge in [-0.1, -0.05) is 0 Å². The molecule has 2 aliphatic heterocycles. The number of carbonyl (C=O) groups excluding carboxylic acids is 1. The molecule has 1 unspecified atom stereocenters. The summed E-state index contributed by atoms with van der Waals surface area (Å²) in [6.07, 6.45) is 4.40. The summed E-state index contributed by atoms with van der Waals surface area (Å²) >= 11 is 0. The van der Waals surface area contributed by atoms with Gasteiger partial charge in [0.1, 0.15) is 5.82 Å². The Labute approximate surface area is 171 Å². The highest BCUT2D eigenvalue weighted by Gasteiger charge is 2.28. The second-order valence-electron chi connectivity index (χ2n) is 6.66. The molecule has 0 aliphatic carbocycles. The lowest BCUT2D eigenvalue weighted by atomic mass is 10.1. The molecule has 2 aromatic heterocycles. The van der Waals surface area contributed by atoms with Crippen LogP contribution in [-0.4, -0.2) is 48.1 Å².